The van der Waals surface area contributed by atoms with Crippen LogP contribution in [-0.4, -0.2) is 14.3 Å². The molecule has 0 aliphatic rings. The normalized spacial score (nSPS) is 12.3. The molecule has 2 N–H and O–H groups in total. The summed E-state index contributed by atoms with van der Waals surface area (Å²) in [5, 5.41) is 2.79. The lowest BCUT2D eigenvalue weighted by Gasteiger charge is -2.15. The van der Waals surface area contributed by atoms with E-state index < -0.39 is 15.9 Å². The highest BCUT2D eigenvalue weighted by atomic mass is 32.2. The predicted octanol–water partition coefficient (Wildman–Crippen LogP) is 3.80. The van der Waals surface area contributed by atoms with Crippen molar-refractivity contribution in [1.29, 1.82) is 0 Å². The van der Waals surface area contributed by atoms with Crippen LogP contribution in [0.1, 0.15) is 34.5 Å². The molecule has 0 heterocycles. The number of nitrogens with one attached hydrogen (secondary N) is 2. The van der Waals surface area contributed by atoms with Gasteiger partial charge >= 0.3 is 0 Å². The van der Waals surface area contributed by atoms with Crippen LogP contribution < -0.4 is 10.0 Å². The van der Waals surface area contributed by atoms with Gasteiger partial charge < -0.3 is 5.32 Å². The van der Waals surface area contributed by atoms with Crippen molar-refractivity contribution >= 4 is 15.9 Å². The highest BCUT2D eigenvalue weighted by Gasteiger charge is 2.17. The van der Waals surface area contributed by atoms with Gasteiger partial charge in [-0.1, -0.05) is 48.5 Å². The highest BCUT2D eigenvalue weighted by molar-refractivity contribution is 7.89. The minimum atomic E-state index is -3.77. The van der Waals surface area contributed by atoms with Gasteiger partial charge in [0.05, 0.1) is 10.9 Å². The van der Waals surface area contributed by atoms with Crippen LogP contribution in [0.2, 0.25) is 0 Å². The fourth-order valence-electron chi connectivity index (χ4n) is 2.78. The van der Waals surface area contributed by atoms with Gasteiger partial charge in [-0.05, 0) is 48.4 Å². The lowest BCUT2D eigenvalue weighted by Crippen LogP contribution is -2.27. The number of carbonyl (C=O) groups excluding carboxylic acids is 1. The Bertz CT molecular complexity index is 1080. The smallest absolute Gasteiger partial charge is 0.251 e. The molecule has 0 aliphatic carbocycles. The van der Waals surface area contributed by atoms with Gasteiger partial charge in [-0.15, -0.1) is 0 Å². The van der Waals surface area contributed by atoms with Gasteiger partial charge in [0.2, 0.25) is 10.0 Å². The maximum atomic E-state index is 13.1. The summed E-state index contributed by atoms with van der Waals surface area (Å²) in [4.78, 5) is 12.6. The van der Waals surface area contributed by atoms with Gasteiger partial charge in [0.25, 0.3) is 5.91 Å². The summed E-state index contributed by atoms with van der Waals surface area (Å²) >= 11 is 0. The van der Waals surface area contributed by atoms with Crippen molar-refractivity contribution in [2.45, 2.75) is 24.4 Å². The van der Waals surface area contributed by atoms with Crippen LogP contribution in [0.25, 0.3) is 0 Å². The summed E-state index contributed by atoms with van der Waals surface area (Å²) in [6.45, 7) is 1.92. The molecule has 0 spiro atoms. The van der Waals surface area contributed by atoms with Crippen LogP contribution in [0.5, 0.6) is 0 Å². The molecule has 3 aromatic carbocycles. The summed E-state index contributed by atoms with van der Waals surface area (Å²) < 4.78 is 40.7. The molecule has 0 unspecified atom stereocenters. The average Bonchev–Trinajstić information content (AvgIpc) is 2.73. The number of rotatable bonds is 7. The first-order valence-electron chi connectivity index (χ1n) is 9.05. The molecule has 150 valence electrons. The average molecular weight is 412 g/mol. The molecular weight excluding hydrogens is 391 g/mol. The minimum Gasteiger partial charge on any atom is -0.346 e. The van der Waals surface area contributed by atoms with E-state index in [0.29, 0.717) is 0 Å². The van der Waals surface area contributed by atoms with Gasteiger partial charge in [0.15, 0.2) is 0 Å². The third-order valence-electron chi connectivity index (χ3n) is 4.43. The second-order valence-corrected chi connectivity index (χ2v) is 8.35. The molecule has 0 saturated heterocycles. The minimum absolute atomic E-state index is 0.00974. The van der Waals surface area contributed by atoms with Crippen molar-refractivity contribution in [3.63, 3.8) is 0 Å². The van der Waals surface area contributed by atoms with Crippen LogP contribution in [0, 0.1) is 5.82 Å². The summed E-state index contributed by atoms with van der Waals surface area (Å²) in [5.41, 5.74) is 1.80. The second-order valence-electron chi connectivity index (χ2n) is 6.58. The van der Waals surface area contributed by atoms with Crippen LogP contribution in [0.15, 0.2) is 83.8 Å². The lowest BCUT2D eigenvalue weighted by atomic mass is 10.1. The third-order valence-corrected chi connectivity index (χ3v) is 5.83. The SMILES string of the molecule is C[C@H](NC(=O)c1cccc(S(=O)(=O)NCc2ccccc2)c1)c1ccc(F)cc1. The second kappa shape index (κ2) is 8.98. The van der Waals surface area contributed by atoms with E-state index in [1.165, 1.54) is 30.3 Å². The van der Waals surface area contributed by atoms with E-state index in [1.807, 2.05) is 30.3 Å². The Labute approximate surface area is 169 Å². The predicted molar refractivity (Wildman–Crippen MR) is 109 cm³/mol. The van der Waals surface area contributed by atoms with E-state index in [9.17, 15) is 17.6 Å². The zero-order chi connectivity index (χ0) is 20.9. The molecule has 0 radical (unpaired) electrons. The molecule has 29 heavy (non-hydrogen) atoms. The van der Waals surface area contributed by atoms with E-state index in [4.69, 9.17) is 0 Å². The number of carbonyl (C=O) groups is 1. The first-order valence-corrected chi connectivity index (χ1v) is 10.5. The molecule has 3 aromatic rings. The molecule has 7 heteroatoms. The third kappa shape index (κ3) is 5.49. The molecule has 5 nitrogen and oxygen atoms in total. The Kier molecular flexibility index (Phi) is 6.41. The van der Waals surface area contributed by atoms with E-state index in [1.54, 1.807) is 25.1 Å². The fraction of sp³-hybridized carbons (Fsp3) is 0.136. The fourth-order valence-corrected chi connectivity index (χ4v) is 3.84. The van der Waals surface area contributed by atoms with Crippen LogP contribution in [0.4, 0.5) is 4.39 Å². The van der Waals surface area contributed by atoms with Crippen molar-refractivity contribution in [3.05, 3.63) is 101 Å². The molecule has 1 atom stereocenters. The molecule has 0 fully saturated rings. The molecule has 3 rings (SSSR count). The Morgan fingerprint density at radius 2 is 1.66 bits per heavy atom. The van der Waals surface area contributed by atoms with Crippen LogP contribution >= 0.6 is 0 Å². The first-order chi connectivity index (χ1) is 13.8. The van der Waals surface area contributed by atoms with Gasteiger partial charge in [-0.25, -0.2) is 17.5 Å². The number of hydrogen-bond acceptors (Lipinski definition) is 3. The van der Waals surface area contributed by atoms with E-state index >= 15 is 0 Å². The largest absolute Gasteiger partial charge is 0.346 e. The van der Waals surface area contributed by atoms with Crippen molar-refractivity contribution in [2.24, 2.45) is 0 Å². The Morgan fingerprint density at radius 3 is 2.34 bits per heavy atom. The lowest BCUT2D eigenvalue weighted by molar-refractivity contribution is 0.0939. The number of amides is 1. The summed E-state index contributed by atoms with van der Waals surface area (Å²) in [5.74, 6) is -0.768. The number of sulfonamides is 1. The quantitative estimate of drug-likeness (QED) is 0.620. The summed E-state index contributed by atoms with van der Waals surface area (Å²) in [6, 6.07) is 20.5. The van der Waals surface area contributed by atoms with E-state index in [-0.39, 0.29) is 28.9 Å². The molecular formula is C22H21FN2O3S. The van der Waals surface area contributed by atoms with Crippen LogP contribution in [0.3, 0.4) is 0 Å². The maximum Gasteiger partial charge on any atom is 0.251 e. The van der Waals surface area contributed by atoms with Crippen LogP contribution in [-0.2, 0) is 16.6 Å². The Morgan fingerprint density at radius 1 is 0.966 bits per heavy atom. The first kappa shape index (κ1) is 20.7. The Hall–Kier alpha value is -3.03. The highest BCUT2D eigenvalue weighted by Crippen LogP contribution is 2.16. The van der Waals surface area contributed by atoms with E-state index in [2.05, 4.69) is 10.0 Å². The van der Waals surface area contributed by atoms with E-state index in [0.717, 1.165) is 11.1 Å². The topological polar surface area (TPSA) is 75.3 Å². The molecule has 0 aromatic heterocycles. The van der Waals surface area contributed by atoms with Gasteiger partial charge in [0.1, 0.15) is 5.82 Å². The van der Waals surface area contributed by atoms with Crippen molar-refractivity contribution in [3.8, 4) is 0 Å². The van der Waals surface area contributed by atoms with Crippen molar-refractivity contribution < 1.29 is 17.6 Å². The Balaban J connectivity index is 1.70. The van der Waals surface area contributed by atoms with Crippen molar-refractivity contribution in [1.82, 2.24) is 10.0 Å². The molecule has 1 amide bonds. The maximum absolute atomic E-state index is 13.1. The standard InChI is InChI=1S/C22H21FN2O3S/c1-16(18-10-12-20(23)13-11-18)25-22(26)19-8-5-9-21(14-19)29(27,28)24-15-17-6-3-2-4-7-17/h2-14,16,24H,15H2,1H3,(H,25,26)/t16-/m0/s1. The zero-order valence-electron chi connectivity index (χ0n) is 15.8. The van der Waals surface area contributed by atoms with Crippen molar-refractivity contribution in [2.75, 3.05) is 0 Å². The van der Waals surface area contributed by atoms with Gasteiger partial charge in [0, 0.05) is 12.1 Å². The molecule has 0 bridgehead atoms. The summed E-state index contributed by atoms with van der Waals surface area (Å²) in [6.07, 6.45) is 0. The molecule has 0 aliphatic heterocycles. The summed E-state index contributed by atoms with van der Waals surface area (Å²) in [7, 11) is -3.77. The number of hydrogen-bond donors (Lipinski definition) is 2. The monoisotopic (exact) mass is 412 g/mol. The number of halogens is 1. The van der Waals surface area contributed by atoms with Gasteiger partial charge in [-0.3, -0.25) is 4.79 Å². The number of benzene rings is 3. The molecule has 0 saturated carbocycles. The van der Waals surface area contributed by atoms with Gasteiger partial charge in [-0.2, -0.15) is 0 Å². The zero-order valence-corrected chi connectivity index (χ0v) is 16.6.